The van der Waals surface area contributed by atoms with Gasteiger partial charge < -0.3 is 10.1 Å². The number of ether oxygens (including phenoxy) is 1. The third-order valence-electron chi connectivity index (χ3n) is 2.39. The predicted octanol–water partition coefficient (Wildman–Crippen LogP) is 2.44. The minimum atomic E-state index is 0.599. The van der Waals surface area contributed by atoms with Crippen LogP contribution in [0.5, 0.6) is 0 Å². The van der Waals surface area contributed by atoms with Gasteiger partial charge in [0.1, 0.15) is 0 Å². The summed E-state index contributed by atoms with van der Waals surface area (Å²) in [5, 5.41) is 3.31. The molecule has 0 saturated heterocycles. The first-order valence-electron chi connectivity index (χ1n) is 5.47. The molecule has 13 heavy (non-hydrogen) atoms. The van der Waals surface area contributed by atoms with E-state index in [1.54, 1.807) is 0 Å². The number of nitrogens with one attached hydrogen (secondary N) is 1. The molecule has 80 valence electrons. The molecule has 0 aromatic rings. The Bertz CT molecular complexity index is 104. The molecule has 0 aromatic carbocycles. The zero-order chi connectivity index (χ0) is 10.1. The second-order valence-electron chi connectivity index (χ2n) is 3.89. The topological polar surface area (TPSA) is 21.3 Å². The number of unbranched alkanes of at least 4 members (excludes halogenated alkanes) is 1. The molecule has 0 spiro atoms. The first-order chi connectivity index (χ1) is 6.22. The van der Waals surface area contributed by atoms with E-state index in [-0.39, 0.29) is 0 Å². The van der Waals surface area contributed by atoms with E-state index in [9.17, 15) is 0 Å². The fraction of sp³-hybridized carbons (Fsp3) is 1.00. The van der Waals surface area contributed by atoms with Crippen molar-refractivity contribution in [2.24, 2.45) is 5.92 Å². The molecule has 0 aliphatic heterocycles. The van der Waals surface area contributed by atoms with Crippen LogP contribution in [0.15, 0.2) is 0 Å². The first kappa shape index (κ1) is 12.9. The molecule has 0 aromatic heterocycles. The maximum Gasteiger partial charge on any atom is 0.0480 e. The Labute approximate surface area is 83.1 Å². The van der Waals surface area contributed by atoms with Crippen LogP contribution in [0.25, 0.3) is 0 Å². The molecule has 1 N–H and O–H groups in total. The van der Waals surface area contributed by atoms with Gasteiger partial charge in [-0.1, -0.05) is 27.2 Å². The molecular weight excluding hydrogens is 162 g/mol. The van der Waals surface area contributed by atoms with Gasteiger partial charge in [0.25, 0.3) is 0 Å². The molecule has 0 radical (unpaired) electrons. The molecule has 0 amide bonds. The predicted molar refractivity (Wildman–Crippen MR) is 58.0 cm³/mol. The van der Waals surface area contributed by atoms with Gasteiger partial charge in [-0.3, -0.25) is 0 Å². The Hall–Kier alpha value is -0.0800. The van der Waals surface area contributed by atoms with Crippen LogP contribution in [-0.4, -0.2) is 26.3 Å². The Morgan fingerprint density at radius 3 is 2.38 bits per heavy atom. The maximum atomic E-state index is 5.52. The molecule has 0 fully saturated rings. The van der Waals surface area contributed by atoms with E-state index in [0.29, 0.717) is 12.0 Å². The molecule has 2 heteroatoms. The highest BCUT2D eigenvalue weighted by molar-refractivity contribution is 4.67. The SMILES string of the molecule is CCCCOCCC(NC)C(C)C. The summed E-state index contributed by atoms with van der Waals surface area (Å²) in [7, 11) is 2.02. The lowest BCUT2D eigenvalue weighted by Crippen LogP contribution is -2.31. The van der Waals surface area contributed by atoms with Gasteiger partial charge in [0, 0.05) is 19.3 Å². The normalized spacial score (nSPS) is 13.6. The number of hydrogen-bond acceptors (Lipinski definition) is 2. The Morgan fingerprint density at radius 1 is 1.23 bits per heavy atom. The lowest BCUT2D eigenvalue weighted by Gasteiger charge is -2.19. The van der Waals surface area contributed by atoms with E-state index in [4.69, 9.17) is 4.74 Å². The van der Waals surface area contributed by atoms with Gasteiger partial charge in [0.05, 0.1) is 0 Å². The Balaban J connectivity index is 3.28. The fourth-order valence-corrected chi connectivity index (χ4v) is 1.37. The number of hydrogen-bond donors (Lipinski definition) is 1. The molecule has 0 aliphatic rings. The minimum absolute atomic E-state index is 0.599. The molecule has 0 rings (SSSR count). The van der Waals surface area contributed by atoms with Crippen molar-refractivity contribution in [3.63, 3.8) is 0 Å². The third kappa shape index (κ3) is 7.03. The Morgan fingerprint density at radius 2 is 1.92 bits per heavy atom. The molecule has 2 nitrogen and oxygen atoms in total. The van der Waals surface area contributed by atoms with E-state index in [1.807, 2.05) is 7.05 Å². The van der Waals surface area contributed by atoms with Gasteiger partial charge in [-0.2, -0.15) is 0 Å². The van der Waals surface area contributed by atoms with Crippen LogP contribution in [0.2, 0.25) is 0 Å². The highest BCUT2D eigenvalue weighted by Crippen LogP contribution is 2.05. The van der Waals surface area contributed by atoms with Crippen LogP contribution in [0.3, 0.4) is 0 Å². The van der Waals surface area contributed by atoms with Gasteiger partial charge in [-0.05, 0) is 25.8 Å². The van der Waals surface area contributed by atoms with Crippen LogP contribution < -0.4 is 5.32 Å². The van der Waals surface area contributed by atoms with Gasteiger partial charge >= 0.3 is 0 Å². The standard InChI is InChI=1S/C11H25NO/c1-5-6-8-13-9-7-11(12-4)10(2)3/h10-12H,5-9H2,1-4H3. The summed E-state index contributed by atoms with van der Waals surface area (Å²) in [5.74, 6) is 0.694. The number of rotatable bonds is 8. The highest BCUT2D eigenvalue weighted by Gasteiger charge is 2.09. The lowest BCUT2D eigenvalue weighted by molar-refractivity contribution is 0.117. The molecular formula is C11H25NO. The highest BCUT2D eigenvalue weighted by atomic mass is 16.5. The van der Waals surface area contributed by atoms with Crippen molar-refractivity contribution in [3.05, 3.63) is 0 Å². The molecule has 0 heterocycles. The summed E-state index contributed by atoms with van der Waals surface area (Å²) < 4.78 is 5.52. The van der Waals surface area contributed by atoms with Crippen LogP contribution in [0, 0.1) is 5.92 Å². The molecule has 1 atom stereocenters. The molecule has 0 bridgehead atoms. The van der Waals surface area contributed by atoms with E-state index >= 15 is 0 Å². The lowest BCUT2D eigenvalue weighted by atomic mass is 10.0. The van der Waals surface area contributed by atoms with Crippen LogP contribution in [0.4, 0.5) is 0 Å². The third-order valence-corrected chi connectivity index (χ3v) is 2.39. The van der Waals surface area contributed by atoms with Crippen molar-refractivity contribution in [1.82, 2.24) is 5.32 Å². The maximum absolute atomic E-state index is 5.52. The monoisotopic (exact) mass is 187 g/mol. The largest absolute Gasteiger partial charge is 0.381 e. The van der Waals surface area contributed by atoms with Crippen molar-refractivity contribution >= 4 is 0 Å². The summed E-state index contributed by atoms with van der Waals surface area (Å²) >= 11 is 0. The molecule has 0 saturated carbocycles. The second-order valence-corrected chi connectivity index (χ2v) is 3.89. The summed E-state index contributed by atoms with van der Waals surface area (Å²) in [5.41, 5.74) is 0. The van der Waals surface area contributed by atoms with Crippen molar-refractivity contribution in [3.8, 4) is 0 Å². The average molecular weight is 187 g/mol. The fourth-order valence-electron chi connectivity index (χ4n) is 1.37. The minimum Gasteiger partial charge on any atom is -0.381 e. The van der Waals surface area contributed by atoms with Gasteiger partial charge in [-0.15, -0.1) is 0 Å². The van der Waals surface area contributed by atoms with Crippen LogP contribution >= 0.6 is 0 Å². The van der Waals surface area contributed by atoms with Crippen LogP contribution in [0.1, 0.15) is 40.0 Å². The quantitative estimate of drug-likeness (QED) is 0.589. The van der Waals surface area contributed by atoms with Crippen molar-refractivity contribution in [1.29, 1.82) is 0 Å². The van der Waals surface area contributed by atoms with E-state index in [1.165, 1.54) is 12.8 Å². The summed E-state index contributed by atoms with van der Waals surface area (Å²) in [6.07, 6.45) is 3.53. The van der Waals surface area contributed by atoms with Gasteiger partial charge in [-0.25, -0.2) is 0 Å². The summed E-state index contributed by atoms with van der Waals surface area (Å²) in [6, 6.07) is 0.599. The zero-order valence-electron chi connectivity index (χ0n) is 9.60. The molecule has 1 unspecified atom stereocenters. The molecule has 0 aliphatic carbocycles. The Kier molecular flexibility index (Phi) is 8.46. The summed E-state index contributed by atoms with van der Waals surface area (Å²) in [6.45, 7) is 8.49. The van der Waals surface area contributed by atoms with E-state index in [2.05, 4.69) is 26.1 Å². The van der Waals surface area contributed by atoms with Crippen molar-refractivity contribution in [2.45, 2.75) is 46.1 Å². The van der Waals surface area contributed by atoms with Gasteiger partial charge in [0.2, 0.25) is 0 Å². The average Bonchev–Trinajstić information content (AvgIpc) is 2.10. The zero-order valence-corrected chi connectivity index (χ0v) is 9.60. The van der Waals surface area contributed by atoms with Gasteiger partial charge in [0.15, 0.2) is 0 Å². The smallest absolute Gasteiger partial charge is 0.0480 e. The second kappa shape index (κ2) is 8.52. The van der Waals surface area contributed by atoms with Crippen molar-refractivity contribution in [2.75, 3.05) is 20.3 Å². The van der Waals surface area contributed by atoms with Crippen molar-refractivity contribution < 1.29 is 4.74 Å². The van der Waals surface area contributed by atoms with Crippen LogP contribution in [-0.2, 0) is 4.74 Å². The van der Waals surface area contributed by atoms with E-state index < -0.39 is 0 Å². The summed E-state index contributed by atoms with van der Waals surface area (Å²) in [4.78, 5) is 0. The van der Waals surface area contributed by atoms with E-state index in [0.717, 1.165) is 19.6 Å². The first-order valence-corrected chi connectivity index (χ1v) is 5.47.